The van der Waals surface area contributed by atoms with Crippen molar-refractivity contribution in [1.82, 2.24) is 15.2 Å². The summed E-state index contributed by atoms with van der Waals surface area (Å²) >= 11 is 12.0. The topological polar surface area (TPSA) is 55.9 Å². The van der Waals surface area contributed by atoms with Gasteiger partial charge in [0, 0.05) is 15.1 Å². The third kappa shape index (κ3) is 2.72. The molecule has 0 aliphatic carbocycles. The Hall–Kier alpha value is -0.150. The number of hydrazine groups is 1. The second kappa shape index (κ2) is 5.87. The monoisotopic (exact) mass is 440 g/mol. The average molecular weight is 441 g/mol. The first-order valence-corrected chi connectivity index (χ1v) is 7.38. The number of aromatic nitrogens is 2. The van der Waals surface area contributed by atoms with Crippen LogP contribution >= 0.6 is 50.1 Å². The van der Waals surface area contributed by atoms with Crippen LogP contribution in [-0.2, 0) is 7.05 Å². The molecule has 1 aromatic carbocycles. The van der Waals surface area contributed by atoms with Crippen LogP contribution < -0.4 is 11.3 Å². The van der Waals surface area contributed by atoms with Crippen molar-refractivity contribution in [3.05, 3.63) is 48.7 Å². The van der Waals surface area contributed by atoms with Crippen LogP contribution in [0.5, 0.6) is 0 Å². The molecule has 1 heterocycles. The molecular weight excluding hydrogens is 430 g/mol. The molecule has 0 radical (unpaired) electrons. The molecule has 2 rings (SSSR count). The number of halogens is 3. The van der Waals surface area contributed by atoms with Crippen molar-refractivity contribution in [2.45, 2.75) is 6.04 Å². The molecule has 0 fully saturated rings. The SMILES string of the molecule is Cn1ncc(Cl)c1C(NN)c1cc(I)ccc1Br. The van der Waals surface area contributed by atoms with E-state index in [1.165, 1.54) is 0 Å². The Morgan fingerprint density at radius 1 is 1.56 bits per heavy atom. The van der Waals surface area contributed by atoms with Gasteiger partial charge in [0.15, 0.2) is 0 Å². The minimum absolute atomic E-state index is 0.214. The zero-order valence-electron chi connectivity index (χ0n) is 9.49. The molecule has 0 aliphatic heterocycles. The minimum Gasteiger partial charge on any atom is -0.271 e. The maximum Gasteiger partial charge on any atom is 0.0904 e. The van der Waals surface area contributed by atoms with E-state index < -0.39 is 0 Å². The van der Waals surface area contributed by atoms with E-state index in [0.717, 1.165) is 19.3 Å². The molecule has 18 heavy (non-hydrogen) atoms. The third-order valence-corrected chi connectivity index (χ3v) is 4.33. The fraction of sp³-hybridized carbons (Fsp3) is 0.182. The molecular formula is C11H11BrClIN4. The van der Waals surface area contributed by atoms with Crippen molar-refractivity contribution in [1.29, 1.82) is 0 Å². The number of benzene rings is 1. The van der Waals surface area contributed by atoms with E-state index in [1.54, 1.807) is 10.9 Å². The van der Waals surface area contributed by atoms with Gasteiger partial charge in [-0.15, -0.1) is 0 Å². The molecule has 1 aromatic heterocycles. The van der Waals surface area contributed by atoms with Gasteiger partial charge >= 0.3 is 0 Å². The third-order valence-electron chi connectivity index (χ3n) is 2.65. The molecule has 2 aromatic rings. The van der Waals surface area contributed by atoms with Gasteiger partial charge in [0.1, 0.15) is 0 Å². The smallest absolute Gasteiger partial charge is 0.0904 e. The Balaban J connectivity index is 2.55. The van der Waals surface area contributed by atoms with Gasteiger partial charge in [0.25, 0.3) is 0 Å². The molecule has 0 spiro atoms. The van der Waals surface area contributed by atoms with Gasteiger partial charge in [-0.2, -0.15) is 5.10 Å². The lowest BCUT2D eigenvalue weighted by Gasteiger charge is -2.19. The van der Waals surface area contributed by atoms with Gasteiger partial charge in [-0.3, -0.25) is 10.5 Å². The molecule has 0 amide bonds. The summed E-state index contributed by atoms with van der Waals surface area (Å²) in [5.41, 5.74) is 4.65. The normalized spacial score (nSPS) is 12.7. The first-order chi connectivity index (χ1) is 8.54. The highest BCUT2D eigenvalue weighted by atomic mass is 127. The first-order valence-electron chi connectivity index (χ1n) is 5.13. The van der Waals surface area contributed by atoms with Gasteiger partial charge < -0.3 is 0 Å². The second-order valence-corrected chi connectivity index (χ2v) is 6.27. The van der Waals surface area contributed by atoms with E-state index in [4.69, 9.17) is 17.4 Å². The zero-order valence-corrected chi connectivity index (χ0v) is 14.0. The number of aryl methyl sites for hydroxylation is 1. The Morgan fingerprint density at radius 3 is 2.83 bits per heavy atom. The Kier molecular flexibility index (Phi) is 4.65. The van der Waals surface area contributed by atoms with Gasteiger partial charge in [0.2, 0.25) is 0 Å². The fourth-order valence-corrected chi connectivity index (χ4v) is 3.06. The molecule has 0 saturated carbocycles. The standard InChI is InChI=1S/C11H11BrClIN4/c1-18-11(9(13)5-16-18)10(17-15)7-4-6(14)2-3-8(7)12/h2-5,10,17H,15H2,1H3. The fourth-order valence-electron chi connectivity index (χ4n) is 1.80. The van der Waals surface area contributed by atoms with Crippen molar-refractivity contribution < 1.29 is 0 Å². The quantitative estimate of drug-likeness (QED) is 0.438. The average Bonchev–Trinajstić information content (AvgIpc) is 2.66. The van der Waals surface area contributed by atoms with E-state index >= 15 is 0 Å². The molecule has 1 atom stereocenters. The highest BCUT2D eigenvalue weighted by Crippen LogP contribution is 2.32. The summed E-state index contributed by atoms with van der Waals surface area (Å²) in [7, 11) is 1.84. The summed E-state index contributed by atoms with van der Waals surface area (Å²) in [6, 6.07) is 5.85. The van der Waals surface area contributed by atoms with Crippen molar-refractivity contribution in [2.24, 2.45) is 12.9 Å². The van der Waals surface area contributed by atoms with E-state index in [-0.39, 0.29) is 6.04 Å². The molecule has 4 nitrogen and oxygen atoms in total. The number of hydrogen-bond donors (Lipinski definition) is 2. The van der Waals surface area contributed by atoms with Crippen LogP contribution in [0.15, 0.2) is 28.9 Å². The highest BCUT2D eigenvalue weighted by molar-refractivity contribution is 14.1. The lowest BCUT2D eigenvalue weighted by Crippen LogP contribution is -2.31. The van der Waals surface area contributed by atoms with Crippen molar-refractivity contribution >= 4 is 50.1 Å². The predicted octanol–water partition coefficient (Wildman–Crippen LogP) is 2.99. The number of nitrogens with one attached hydrogen (secondary N) is 1. The molecule has 3 N–H and O–H groups in total. The van der Waals surface area contributed by atoms with Crippen LogP contribution in [0.3, 0.4) is 0 Å². The van der Waals surface area contributed by atoms with Crippen molar-refractivity contribution in [3.63, 3.8) is 0 Å². The summed E-state index contributed by atoms with van der Waals surface area (Å²) in [4.78, 5) is 0. The van der Waals surface area contributed by atoms with Gasteiger partial charge in [-0.1, -0.05) is 27.5 Å². The van der Waals surface area contributed by atoms with Gasteiger partial charge in [-0.05, 0) is 46.4 Å². The van der Waals surface area contributed by atoms with E-state index in [2.05, 4.69) is 55.1 Å². The maximum atomic E-state index is 6.16. The van der Waals surface area contributed by atoms with Crippen molar-refractivity contribution in [3.8, 4) is 0 Å². The lowest BCUT2D eigenvalue weighted by molar-refractivity contribution is 0.573. The number of nitrogens with two attached hydrogens (primary N) is 1. The molecule has 7 heteroatoms. The molecule has 96 valence electrons. The maximum absolute atomic E-state index is 6.16. The van der Waals surface area contributed by atoms with Crippen LogP contribution in [0, 0.1) is 3.57 Å². The van der Waals surface area contributed by atoms with Crippen LogP contribution in [0.1, 0.15) is 17.3 Å². The molecule has 0 bridgehead atoms. The lowest BCUT2D eigenvalue weighted by atomic mass is 10.0. The summed E-state index contributed by atoms with van der Waals surface area (Å²) in [6.07, 6.45) is 1.61. The summed E-state index contributed by atoms with van der Waals surface area (Å²) in [6.45, 7) is 0. The molecule has 0 saturated heterocycles. The van der Waals surface area contributed by atoms with E-state index in [0.29, 0.717) is 5.02 Å². The zero-order chi connectivity index (χ0) is 13.3. The number of rotatable bonds is 3. The van der Waals surface area contributed by atoms with Crippen LogP contribution in [0.2, 0.25) is 5.02 Å². The molecule has 1 unspecified atom stereocenters. The second-order valence-electron chi connectivity index (χ2n) is 3.77. The number of nitrogens with zero attached hydrogens (tertiary/aromatic N) is 2. The largest absolute Gasteiger partial charge is 0.271 e. The number of hydrogen-bond acceptors (Lipinski definition) is 3. The van der Waals surface area contributed by atoms with E-state index in [1.807, 2.05) is 19.2 Å². The van der Waals surface area contributed by atoms with Crippen LogP contribution in [-0.4, -0.2) is 9.78 Å². The molecule has 0 aliphatic rings. The summed E-state index contributed by atoms with van der Waals surface area (Å²) in [5.74, 6) is 5.68. The summed E-state index contributed by atoms with van der Waals surface area (Å²) < 4.78 is 3.83. The predicted molar refractivity (Wildman–Crippen MR) is 84.2 cm³/mol. The Morgan fingerprint density at radius 2 is 2.28 bits per heavy atom. The summed E-state index contributed by atoms with van der Waals surface area (Å²) in [5, 5.41) is 4.72. The van der Waals surface area contributed by atoms with Gasteiger partial charge in [-0.25, -0.2) is 5.43 Å². The highest BCUT2D eigenvalue weighted by Gasteiger charge is 2.22. The van der Waals surface area contributed by atoms with E-state index in [9.17, 15) is 0 Å². The Bertz CT molecular complexity index is 553. The van der Waals surface area contributed by atoms with Crippen LogP contribution in [0.4, 0.5) is 0 Å². The first kappa shape index (κ1) is 14.3. The van der Waals surface area contributed by atoms with Crippen molar-refractivity contribution in [2.75, 3.05) is 0 Å². The van der Waals surface area contributed by atoms with Crippen LogP contribution in [0.25, 0.3) is 0 Å². The van der Waals surface area contributed by atoms with Gasteiger partial charge in [0.05, 0.1) is 23.0 Å². The minimum atomic E-state index is -0.214. The Labute approximate surface area is 132 Å².